The number of hydrogen-bond acceptors (Lipinski definition) is 5. The summed E-state index contributed by atoms with van der Waals surface area (Å²) in [6, 6.07) is 2.36. The normalized spacial score (nSPS) is 18.5. The van der Waals surface area contributed by atoms with Gasteiger partial charge in [-0.1, -0.05) is 11.6 Å². The van der Waals surface area contributed by atoms with Gasteiger partial charge in [0.25, 0.3) is 0 Å². The van der Waals surface area contributed by atoms with Crippen LogP contribution in [0.4, 0.5) is 9.18 Å². The fourth-order valence-corrected chi connectivity index (χ4v) is 3.96. The van der Waals surface area contributed by atoms with Crippen LogP contribution in [0.1, 0.15) is 64.7 Å². The highest BCUT2D eigenvalue weighted by Crippen LogP contribution is 2.50. The summed E-state index contributed by atoms with van der Waals surface area (Å²) in [7, 11) is 0. The molecule has 0 unspecified atom stereocenters. The highest BCUT2D eigenvalue weighted by Gasteiger charge is 2.55. The molecule has 6 nitrogen and oxygen atoms in total. The van der Waals surface area contributed by atoms with Gasteiger partial charge in [0.1, 0.15) is 28.9 Å². The van der Waals surface area contributed by atoms with Gasteiger partial charge in [0, 0.05) is 24.6 Å². The second-order valence-electron chi connectivity index (χ2n) is 10.2. The predicted molar refractivity (Wildman–Crippen MR) is 110 cm³/mol. The monoisotopic (exact) mass is 441 g/mol. The molecule has 1 aliphatic heterocycles. The van der Waals surface area contributed by atoms with Gasteiger partial charge >= 0.3 is 12.1 Å². The van der Waals surface area contributed by atoms with Crippen molar-refractivity contribution in [1.29, 1.82) is 0 Å². The summed E-state index contributed by atoms with van der Waals surface area (Å²) in [5.74, 6) is -1.31. The van der Waals surface area contributed by atoms with Gasteiger partial charge in [0.05, 0.1) is 10.6 Å². The molecule has 2 fully saturated rings. The smallest absolute Gasteiger partial charge is 0.410 e. The highest BCUT2D eigenvalue weighted by molar-refractivity contribution is 6.32. The summed E-state index contributed by atoms with van der Waals surface area (Å²) in [4.78, 5) is 25.9. The van der Waals surface area contributed by atoms with Gasteiger partial charge in [-0.15, -0.1) is 0 Å². The molecular formula is C22H29ClFNO5. The second-order valence-corrected chi connectivity index (χ2v) is 10.7. The number of nitrogens with zero attached hydrogens (tertiary/aromatic N) is 1. The maximum Gasteiger partial charge on any atom is 0.410 e. The summed E-state index contributed by atoms with van der Waals surface area (Å²) in [5.41, 5.74) is -1.44. The number of ether oxygens (including phenoxy) is 3. The Bertz CT molecular complexity index is 844. The van der Waals surface area contributed by atoms with E-state index in [1.165, 1.54) is 6.07 Å². The van der Waals surface area contributed by atoms with Crippen LogP contribution in [-0.2, 0) is 9.47 Å². The number of carbonyl (C=O) groups excluding carboxylic acids is 2. The van der Waals surface area contributed by atoms with Gasteiger partial charge in [0.15, 0.2) is 0 Å². The Morgan fingerprint density at radius 3 is 2.17 bits per heavy atom. The molecule has 1 saturated carbocycles. The summed E-state index contributed by atoms with van der Waals surface area (Å²) in [6.07, 6.45) is 1.08. The Kier molecular flexibility index (Phi) is 5.73. The lowest BCUT2D eigenvalue weighted by atomic mass is 9.62. The van der Waals surface area contributed by atoms with Crippen molar-refractivity contribution in [2.45, 2.75) is 71.7 Å². The number of likely N-dealkylation sites (tertiary alicyclic amines) is 1. The molecule has 3 rings (SSSR count). The average molecular weight is 442 g/mol. The minimum atomic E-state index is -0.771. The number of rotatable bonds is 3. The summed E-state index contributed by atoms with van der Waals surface area (Å²) in [5, 5.41) is 0.155. The number of amides is 1. The zero-order chi connectivity index (χ0) is 22.5. The summed E-state index contributed by atoms with van der Waals surface area (Å²) in [6.45, 7) is 11.9. The molecule has 0 radical (unpaired) electrons. The van der Waals surface area contributed by atoms with Crippen LogP contribution >= 0.6 is 11.6 Å². The van der Waals surface area contributed by atoms with E-state index in [9.17, 15) is 14.0 Å². The molecule has 1 aliphatic carbocycles. The van der Waals surface area contributed by atoms with Crippen molar-refractivity contribution in [2.75, 3.05) is 13.1 Å². The standard InChI is InChI=1S/C22H29ClFNO5/c1-20(2,3)29-18(26)14-7-15(23)17(8-16(14)24)28-13-9-22(10-13)11-25(12-22)19(27)30-21(4,5)6/h7-8,13H,9-12H2,1-6H3. The lowest BCUT2D eigenvalue weighted by Gasteiger charge is -2.58. The first kappa shape index (κ1) is 22.7. The number of esters is 1. The first-order valence-corrected chi connectivity index (χ1v) is 10.4. The van der Waals surface area contributed by atoms with E-state index < -0.39 is 23.0 Å². The zero-order valence-corrected chi connectivity index (χ0v) is 19.1. The van der Waals surface area contributed by atoms with Crippen molar-refractivity contribution >= 4 is 23.7 Å². The van der Waals surface area contributed by atoms with Crippen molar-refractivity contribution in [3.63, 3.8) is 0 Å². The largest absolute Gasteiger partial charge is 0.489 e. The van der Waals surface area contributed by atoms with Gasteiger partial charge in [0.2, 0.25) is 0 Å². The minimum Gasteiger partial charge on any atom is -0.489 e. The Hall–Kier alpha value is -2.02. The molecule has 2 aliphatic rings. The van der Waals surface area contributed by atoms with Crippen LogP contribution in [0.15, 0.2) is 12.1 Å². The van der Waals surface area contributed by atoms with Gasteiger partial charge < -0.3 is 19.1 Å². The number of carbonyl (C=O) groups is 2. The third kappa shape index (κ3) is 5.17. The van der Waals surface area contributed by atoms with Crippen LogP contribution in [-0.4, -0.2) is 47.4 Å². The fourth-order valence-electron chi connectivity index (χ4n) is 3.75. The SMILES string of the molecule is CC(C)(C)OC(=O)c1cc(Cl)c(OC2CC3(C2)CN(C(=O)OC(C)(C)C)C3)cc1F. The molecule has 1 aromatic rings. The minimum absolute atomic E-state index is 0.0308. The maximum atomic E-state index is 14.4. The molecule has 30 heavy (non-hydrogen) atoms. The van der Waals surface area contributed by atoms with E-state index in [-0.39, 0.29) is 33.9 Å². The van der Waals surface area contributed by atoms with Gasteiger partial charge in [-0.3, -0.25) is 0 Å². The van der Waals surface area contributed by atoms with Crippen molar-refractivity contribution < 1.29 is 28.2 Å². The molecule has 1 amide bonds. The molecule has 0 N–H and O–H groups in total. The third-order valence-electron chi connectivity index (χ3n) is 4.96. The number of halogens is 2. The van der Waals surface area contributed by atoms with Crippen molar-refractivity contribution in [1.82, 2.24) is 4.90 Å². The molecule has 1 aromatic carbocycles. The summed E-state index contributed by atoms with van der Waals surface area (Å²) >= 11 is 6.22. The Balaban J connectivity index is 1.54. The van der Waals surface area contributed by atoms with Gasteiger partial charge in [-0.25, -0.2) is 14.0 Å². The van der Waals surface area contributed by atoms with Crippen LogP contribution in [0.2, 0.25) is 5.02 Å². The predicted octanol–water partition coefficient (Wildman–Crippen LogP) is 5.21. The van der Waals surface area contributed by atoms with Crippen molar-refractivity contribution in [3.8, 4) is 5.75 Å². The lowest BCUT2D eigenvalue weighted by molar-refractivity contribution is -0.116. The average Bonchev–Trinajstić information content (AvgIpc) is 2.47. The fraction of sp³-hybridized carbons (Fsp3) is 0.636. The van der Waals surface area contributed by atoms with Crippen LogP contribution < -0.4 is 4.74 Å². The van der Waals surface area contributed by atoms with Crippen LogP contribution in [0.5, 0.6) is 5.75 Å². The highest BCUT2D eigenvalue weighted by atomic mass is 35.5. The Morgan fingerprint density at radius 2 is 1.63 bits per heavy atom. The van der Waals surface area contributed by atoms with Crippen molar-refractivity contribution in [2.24, 2.45) is 5.41 Å². The first-order chi connectivity index (χ1) is 13.7. The lowest BCUT2D eigenvalue weighted by Crippen LogP contribution is -2.66. The number of benzene rings is 1. The van der Waals surface area contributed by atoms with Gasteiger partial charge in [-0.2, -0.15) is 0 Å². The Morgan fingerprint density at radius 1 is 1.07 bits per heavy atom. The topological polar surface area (TPSA) is 65.1 Å². The molecule has 1 spiro atoms. The first-order valence-electron chi connectivity index (χ1n) is 10.0. The molecular weight excluding hydrogens is 413 g/mol. The van der Waals surface area contributed by atoms with E-state index in [0.29, 0.717) is 13.1 Å². The van der Waals surface area contributed by atoms with Crippen LogP contribution in [0, 0.1) is 11.2 Å². The van der Waals surface area contributed by atoms with E-state index in [1.54, 1.807) is 25.7 Å². The van der Waals surface area contributed by atoms with E-state index in [1.807, 2.05) is 20.8 Å². The van der Waals surface area contributed by atoms with E-state index in [4.69, 9.17) is 25.8 Å². The molecule has 0 atom stereocenters. The van der Waals surface area contributed by atoms with Crippen molar-refractivity contribution in [3.05, 3.63) is 28.5 Å². The number of hydrogen-bond donors (Lipinski definition) is 0. The van der Waals surface area contributed by atoms with E-state index in [0.717, 1.165) is 18.9 Å². The van der Waals surface area contributed by atoms with Gasteiger partial charge in [-0.05, 0) is 60.5 Å². The van der Waals surface area contributed by atoms with Crippen LogP contribution in [0.3, 0.4) is 0 Å². The molecule has 0 aromatic heterocycles. The molecule has 8 heteroatoms. The second kappa shape index (κ2) is 7.59. The molecule has 166 valence electrons. The molecule has 0 bridgehead atoms. The van der Waals surface area contributed by atoms with E-state index in [2.05, 4.69) is 0 Å². The molecule has 1 saturated heterocycles. The Labute approximate surface area is 181 Å². The zero-order valence-electron chi connectivity index (χ0n) is 18.3. The summed E-state index contributed by atoms with van der Waals surface area (Å²) < 4.78 is 30.9. The van der Waals surface area contributed by atoms with E-state index >= 15 is 0 Å². The maximum absolute atomic E-state index is 14.4. The quantitative estimate of drug-likeness (QED) is 0.602. The molecule has 1 heterocycles. The van der Waals surface area contributed by atoms with Crippen LogP contribution in [0.25, 0.3) is 0 Å². The third-order valence-corrected chi connectivity index (χ3v) is 5.25.